The van der Waals surface area contributed by atoms with Crippen LogP contribution in [0.2, 0.25) is 0 Å². The Morgan fingerprint density at radius 2 is 1.90 bits per heavy atom. The SMILES string of the molecule is CCNCc1cnc(Sc2ccc(C)cc2C)c(C)c1. The van der Waals surface area contributed by atoms with Crippen LogP contribution in [0.15, 0.2) is 40.4 Å². The van der Waals surface area contributed by atoms with Gasteiger partial charge in [-0.3, -0.25) is 0 Å². The largest absolute Gasteiger partial charge is 0.313 e. The molecule has 20 heavy (non-hydrogen) atoms. The standard InChI is InChI=1S/C17H22N2S/c1-5-18-10-15-9-14(4)17(19-11-15)20-16-7-6-12(2)8-13(16)3/h6-9,11,18H,5,10H2,1-4H3. The number of pyridine rings is 1. The van der Waals surface area contributed by atoms with Gasteiger partial charge in [-0.25, -0.2) is 4.98 Å². The molecule has 2 aromatic rings. The summed E-state index contributed by atoms with van der Waals surface area (Å²) in [4.78, 5) is 5.90. The van der Waals surface area contributed by atoms with Gasteiger partial charge in [0.05, 0.1) is 0 Å². The van der Waals surface area contributed by atoms with E-state index in [1.165, 1.54) is 27.1 Å². The van der Waals surface area contributed by atoms with E-state index < -0.39 is 0 Å². The topological polar surface area (TPSA) is 24.9 Å². The second kappa shape index (κ2) is 6.91. The van der Waals surface area contributed by atoms with E-state index in [0.29, 0.717) is 0 Å². The van der Waals surface area contributed by atoms with Gasteiger partial charge in [0, 0.05) is 17.6 Å². The predicted molar refractivity (Wildman–Crippen MR) is 86.4 cm³/mol. The molecule has 0 aliphatic rings. The van der Waals surface area contributed by atoms with E-state index in [-0.39, 0.29) is 0 Å². The van der Waals surface area contributed by atoms with E-state index in [4.69, 9.17) is 0 Å². The lowest BCUT2D eigenvalue weighted by Gasteiger charge is -2.10. The first kappa shape index (κ1) is 15.1. The minimum Gasteiger partial charge on any atom is -0.313 e. The lowest BCUT2D eigenvalue weighted by atomic mass is 10.2. The molecule has 0 fully saturated rings. The van der Waals surface area contributed by atoms with Crippen LogP contribution in [-0.4, -0.2) is 11.5 Å². The number of hydrogen-bond donors (Lipinski definition) is 1. The van der Waals surface area contributed by atoms with E-state index in [1.54, 1.807) is 11.8 Å². The number of benzene rings is 1. The summed E-state index contributed by atoms with van der Waals surface area (Å²) in [6.45, 7) is 10.4. The highest BCUT2D eigenvalue weighted by atomic mass is 32.2. The van der Waals surface area contributed by atoms with Gasteiger partial charge in [-0.05, 0) is 50.1 Å². The van der Waals surface area contributed by atoms with Crippen molar-refractivity contribution in [2.45, 2.75) is 44.2 Å². The molecule has 0 aliphatic heterocycles. The maximum atomic E-state index is 4.61. The highest BCUT2D eigenvalue weighted by Crippen LogP contribution is 2.31. The van der Waals surface area contributed by atoms with Crippen molar-refractivity contribution in [1.29, 1.82) is 0 Å². The molecular formula is C17H22N2S. The van der Waals surface area contributed by atoms with Gasteiger partial charge in [0.15, 0.2) is 0 Å². The molecule has 1 N–H and O–H groups in total. The highest BCUT2D eigenvalue weighted by molar-refractivity contribution is 7.99. The van der Waals surface area contributed by atoms with Crippen LogP contribution in [0.3, 0.4) is 0 Å². The molecule has 1 aromatic carbocycles. The van der Waals surface area contributed by atoms with Gasteiger partial charge >= 0.3 is 0 Å². The minimum atomic E-state index is 0.888. The Bertz CT molecular complexity index is 594. The van der Waals surface area contributed by atoms with Gasteiger partial charge < -0.3 is 5.32 Å². The maximum absolute atomic E-state index is 4.61. The van der Waals surface area contributed by atoms with Crippen LogP contribution in [0, 0.1) is 20.8 Å². The van der Waals surface area contributed by atoms with Crippen LogP contribution < -0.4 is 5.32 Å². The third-order valence-corrected chi connectivity index (χ3v) is 4.50. The Morgan fingerprint density at radius 1 is 1.10 bits per heavy atom. The first-order valence-corrected chi connectivity index (χ1v) is 7.83. The maximum Gasteiger partial charge on any atom is 0.104 e. The average molecular weight is 286 g/mol. The Balaban J connectivity index is 2.17. The van der Waals surface area contributed by atoms with Crippen molar-refractivity contribution in [1.82, 2.24) is 10.3 Å². The number of rotatable bonds is 5. The third kappa shape index (κ3) is 3.84. The van der Waals surface area contributed by atoms with Crippen molar-refractivity contribution in [3.63, 3.8) is 0 Å². The van der Waals surface area contributed by atoms with Crippen LogP contribution in [0.4, 0.5) is 0 Å². The van der Waals surface area contributed by atoms with Crippen molar-refractivity contribution in [3.05, 3.63) is 52.7 Å². The molecule has 106 valence electrons. The minimum absolute atomic E-state index is 0.888. The second-order valence-electron chi connectivity index (χ2n) is 5.12. The molecule has 3 heteroatoms. The molecule has 0 radical (unpaired) electrons. The van der Waals surface area contributed by atoms with Gasteiger partial charge in [-0.2, -0.15) is 0 Å². The van der Waals surface area contributed by atoms with Crippen molar-refractivity contribution >= 4 is 11.8 Å². The molecule has 0 atom stereocenters. The Kier molecular flexibility index (Phi) is 5.21. The molecular weight excluding hydrogens is 264 g/mol. The summed E-state index contributed by atoms with van der Waals surface area (Å²) in [5, 5.41) is 4.42. The molecule has 0 spiro atoms. The summed E-state index contributed by atoms with van der Waals surface area (Å²) in [6.07, 6.45) is 1.97. The molecule has 1 aromatic heterocycles. The summed E-state index contributed by atoms with van der Waals surface area (Å²) in [5.74, 6) is 0. The molecule has 0 saturated carbocycles. The fourth-order valence-electron chi connectivity index (χ4n) is 2.11. The fraction of sp³-hybridized carbons (Fsp3) is 0.353. The quantitative estimate of drug-likeness (QED) is 0.888. The van der Waals surface area contributed by atoms with E-state index in [2.05, 4.69) is 62.3 Å². The van der Waals surface area contributed by atoms with Crippen LogP contribution in [-0.2, 0) is 6.54 Å². The normalized spacial score (nSPS) is 10.8. The number of nitrogens with one attached hydrogen (secondary N) is 1. The number of nitrogens with zero attached hydrogens (tertiary/aromatic N) is 1. The molecule has 1 heterocycles. The Morgan fingerprint density at radius 3 is 2.55 bits per heavy atom. The monoisotopic (exact) mass is 286 g/mol. The van der Waals surface area contributed by atoms with E-state index in [9.17, 15) is 0 Å². The first-order valence-electron chi connectivity index (χ1n) is 7.01. The fourth-order valence-corrected chi connectivity index (χ4v) is 3.00. The Labute approximate surface area is 126 Å². The third-order valence-electron chi connectivity index (χ3n) is 3.20. The number of hydrogen-bond acceptors (Lipinski definition) is 3. The van der Waals surface area contributed by atoms with Gasteiger partial charge in [-0.15, -0.1) is 0 Å². The smallest absolute Gasteiger partial charge is 0.104 e. The first-order chi connectivity index (χ1) is 9.60. The summed E-state index contributed by atoms with van der Waals surface area (Å²) < 4.78 is 0. The van der Waals surface area contributed by atoms with E-state index >= 15 is 0 Å². The van der Waals surface area contributed by atoms with Gasteiger partial charge in [-0.1, -0.05) is 42.4 Å². The summed E-state index contributed by atoms with van der Waals surface area (Å²) in [6, 6.07) is 8.78. The van der Waals surface area contributed by atoms with Crippen molar-refractivity contribution in [3.8, 4) is 0 Å². The van der Waals surface area contributed by atoms with Crippen LogP contribution in [0.1, 0.15) is 29.2 Å². The zero-order valence-corrected chi connectivity index (χ0v) is 13.5. The van der Waals surface area contributed by atoms with Crippen LogP contribution >= 0.6 is 11.8 Å². The zero-order valence-electron chi connectivity index (χ0n) is 12.7. The Hall–Kier alpha value is -1.32. The molecule has 0 bridgehead atoms. The number of aryl methyl sites for hydroxylation is 3. The van der Waals surface area contributed by atoms with E-state index in [1.807, 2.05) is 6.20 Å². The van der Waals surface area contributed by atoms with Crippen molar-refractivity contribution in [2.75, 3.05) is 6.54 Å². The van der Waals surface area contributed by atoms with Gasteiger partial charge in [0.2, 0.25) is 0 Å². The van der Waals surface area contributed by atoms with Crippen molar-refractivity contribution < 1.29 is 0 Å². The summed E-state index contributed by atoms with van der Waals surface area (Å²) in [7, 11) is 0. The van der Waals surface area contributed by atoms with Crippen molar-refractivity contribution in [2.24, 2.45) is 0 Å². The molecule has 2 rings (SSSR count). The van der Waals surface area contributed by atoms with Gasteiger partial charge in [0.25, 0.3) is 0 Å². The van der Waals surface area contributed by atoms with E-state index in [0.717, 1.165) is 18.1 Å². The molecule has 0 amide bonds. The molecule has 0 saturated heterocycles. The van der Waals surface area contributed by atoms with Crippen LogP contribution in [0.5, 0.6) is 0 Å². The lowest BCUT2D eigenvalue weighted by molar-refractivity contribution is 0.721. The second-order valence-corrected chi connectivity index (χ2v) is 6.15. The average Bonchev–Trinajstić information content (AvgIpc) is 2.42. The highest BCUT2D eigenvalue weighted by Gasteiger charge is 2.06. The molecule has 0 unspecified atom stereocenters. The lowest BCUT2D eigenvalue weighted by Crippen LogP contribution is -2.12. The molecule has 0 aliphatic carbocycles. The van der Waals surface area contributed by atoms with Crippen LogP contribution in [0.25, 0.3) is 0 Å². The zero-order chi connectivity index (χ0) is 14.5. The molecule has 2 nitrogen and oxygen atoms in total. The number of aromatic nitrogens is 1. The summed E-state index contributed by atoms with van der Waals surface area (Å²) in [5.41, 5.74) is 5.10. The predicted octanol–water partition coefficient (Wildman–Crippen LogP) is 4.27. The summed E-state index contributed by atoms with van der Waals surface area (Å²) >= 11 is 1.75. The van der Waals surface area contributed by atoms with Gasteiger partial charge in [0.1, 0.15) is 5.03 Å².